The SMILES string of the molecule is CCCNc1cnc(CN(C)CCCN(C)C)cn1. The highest BCUT2D eigenvalue weighted by Gasteiger charge is 2.03. The molecule has 0 radical (unpaired) electrons. The van der Waals surface area contributed by atoms with Crippen molar-refractivity contribution in [1.29, 1.82) is 0 Å². The zero-order chi connectivity index (χ0) is 14.1. The summed E-state index contributed by atoms with van der Waals surface area (Å²) in [5, 5.41) is 3.23. The maximum atomic E-state index is 4.44. The van der Waals surface area contributed by atoms with Gasteiger partial charge in [-0.1, -0.05) is 6.92 Å². The quantitative estimate of drug-likeness (QED) is 0.736. The molecule has 5 nitrogen and oxygen atoms in total. The van der Waals surface area contributed by atoms with E-state index in [9.17, 15) is 0 Å². The van der Waals surface area contributed by atoms with E-state index in [0.717, 1.165) is 44.1 Å². The third-order valence-electron chi connectivity index (χ3n) is 2.84. The first-order valence-electron chi connectivity index (χ1n) is 7.00. The van der Waals surface area contributed by atoms with Gasteiger partial charge in [-0.15, -0.1) is 0 Å². The summed E-state index contributed by atoms with van der Waals surface area (Å²) in [7, 11) is 6.33. The Labute approximate surface area is 117 Å². The van der Waals surface area contributed by atoms with E-state index >= 15 is 0 Å². The van der Waals surface area contributed by atoms with Crippen molar-refractivity contribution in [3.8, 4) is 0 Å². The van der Waals surface area contributed by atoms with E-state index in [1.807, 2.05) is 12.4 Å². The summed E-state index contributed by atoms with van der Waals surface area (Å²) in [5.41, 5.74) is 1.02. The largest absolute Gasteiger partial charge is 0.369 e. The summed E-state index contributed by atoms with van der Waals surface area (Å²) in [6.07, 6.45) is 5.95. The van der Waals surface area contributed by atoms with E-state index in [-0.39, 0.29) is 0 Å². The fourth-order valence-corrected chi connectivity index (χ4v) is 1.79. The van der Waals surface area contributed by atoms with Gasteiger partial charge in [0.05, 0.1) is 18.1 Å². The molecule has 0 aromatic carbocycles. The van der Waals surface area contributed by atoms with Gasteiger partial charge in [-0.3, -0.25) is 4.98 Å². The normalized spacial score (nSPS) is 11.3. The smallest absolute Gasteiger partial charge is 0.144 e. The molecule has 1 aromatic heterocycles. The molecule has 0 atom stereocenters. The molecular weight excluding hydrogens is 238 g/mol. The first-order chi connectivity index (χ1) is 9.11. The standard InChI is InChI=1S/C14H27N5/c1-5-7-15-14-11-16-13(10-17-14)12-19(4)9-6-8-18(2)3/h10-11H,5-9,12H2,1-4H3,(H,15,17). The minimum atomic E-state index is 0.856. The number of nitrogens with zero attached hydrogens (tertiary/aromatic N) is 4. The molecule has 0 unspecified atom stereocenters. The molecule has 5 heteroatoms. The molecule has 0 fully saturated rings. The summed E-state index contributed by atoms with van der Waals surface area (Å²) >= 11 is 0. The van der Waals surface area contributed by atoms with Crippen molar-refractivity contribution in [3.63, 3.8) is 0 Å². The Morgan fingerprint density at radius 3 is 2.47 bits per heavy atom. The highest BCUT2D eigenvalue weighted by molar-refractivity contribution is 5.30. The third-order valence-corrected chi connectivity index (χ3v) is 2.84. The van der Waals surface area contributed by atoms with E-state index in [1.54, 1.807) is 0 Å². The van der Waals surface area contributed by atoms with Crippen LogP contribution in [0.15, 0.2) is 12.4 Å². The number of hydrogen-bond acceptors (Lipinski definition) is 5. The Kier molecular flexibility index (Phi) is 7.36. The monoisotopic (exact) mass is 265 g/mol. The van der Waals surface area contributed by atoms with Crippen LogP contribution in [0.25, 0.3) is 0 Å². The van der Waals surface area contributed by atoms with E-state index < -0.39 is 0 Å². The van der Waals surface area contributed by atoms with E-state index in [1.165, 1.54) is 6.42 Å². The second-order valence-electron chi connectivity index (χ2n) is 5.21. The lowest BCUT2D eigenvalue weighted by Gasteiger charge is -2.17. The van der Waals surface area contributed by atoms with Crippen LogP contribution in [0.4, 0.5) is 5.82 Å². The Bertz CT molecular complexity index is 336. The number of rotatable bonds is 9. The van der Waals surface area contributed by atoms with Crippen LogP contribution in [-0.4, -0.2) is 60.5 Å². The summed E-state index contributed by atoms with van der Waals surface area (Å²) in [6.45, 7) is 6.13. The van der Waals surface area contributed by atoms with Crippen LogP contribution in [0, 0.1) is 0 Å². The topological polar surface area (TPSA) is 44.3 Å². The van der Waals surface area contributed by atoms with Crippen molar-refractivity contribution in [3.05, 3.63) is 18.1 Å². The lowest BCUT2D eigenvalue weighted by molar-refractivity contribution is 0.291. The summed E-state index contributed by atoms with van der Waals surface area (Å²) in [5.74, 6) is 0.862. The highest BCUT2D eigenvalue weighted by atomic mass is 15.1. The molecule has 1 rings (SSSR count). The maximum Gasteiger partial charge on any atom is 0.144 e. The van der Waals surface area contributed by atoms with Crippen molar-refractivity contribution in [2.45, 2.75) is 26.3 Å². The summed E-state index contributed by atoms with van der Waals surface area (Å²) in [6, 6.07) is 0. The first kappa shape index (κ1) is 15.9. The lowest BCUT2D eigenvalue weighted by Crippen LogP contribution is -2.23. The molecule has 0 aliphatic rings. The van der Waals surface area contributed by atoms with E-state index in [4.69, 9.17) is 0 Å². The molecule has 0 saturated carbocycles. The van der Waals surface area contributed by atoms with Crippen LogP contribution in [0.1, 0.15) is 25.5 Å². The third kappa shape index (κ3) is 7.08. The Morgan fingerprint density at radius 2 is 1.89 bits per heavy atom. The van der Waals surface area contributed by atoms with Crippen LogP contribution >= 0.6 is 0 Å². The first-order valence-corrected chi connectivity index (χ1v) is 7.00. The van der Waals surface area contributed by atoms with Gasteiger partial charge < -0.3 is 15.1 Å². The summed E-state index contributed by atoms with van der Waals surface area (Å²) < 4.78 is 0. The van der Waals surface area contributed by atoms with Gasteiger partial charge in [0.1, 0.15) is 5.82 Å². The summed E-state index contributed by atoms with van der Waals surface area (Å²) in [4.78, 5) is 13.3. The fraction of sp³-hybridized carbons (Fsp3) is 0.714. The van der Waals surface area contributed by atoms with Crippen LogP contribution < -0.4 is 5.32 Å². The number of anilines is 1. The molecule has 0 saturated heterocycles. The highest BCUT2D eigenvalue weighted by Crippen LogP contribution is 2.03. The molecule has 0 bridgehead atoms. The minimum absolute atomic E-state index is 0.856. The van der Waals surface area contributed by atoms with E-state index in [2.05, 4.69) is 53.2 Å². The average molecular weight is 265 g/mol. The Hall–Kier alpha value is -1.20. The molecule has 108 valence electrons. The molecule has 19 heavy (non-hydrogen) atoms. The van der Waals surface area contributed by atoms with E-state index in [0.29, 0.717) is 0 Å². The van der Waals surface area contributed by atoms with Crippen LogP contribution in [0.3, 0.4) is 0 Å². The van der Waals surface area contributed by atoms with Crippen LogP contribution in [0.5, 0.6) is 0 Å². The van der Waals surface area contributed by atoms with Gasteiger partial charge >= 0.3 is 0 Å². The van der Waals surface area contributed by atoms with Gasteiger partial charge in [0, 0.05) is 13.1 Å². The van der Waals surface area contributed by atoms with Gasteiger partial charge in [-0.25, -0.2) is 4.98 Å². The molecule has 0 aliphatic carbocycles. The van der Waals surface area contributed by atoms with Crippen molar-refractivity contribution in [2.24, 2.45) is 0 Å². The molecule has 0 spiro atoms. The van der Waals surface area contributed by atoms with Gasteiger partial charge in [0.25, 0.3) is 0 Å². The minimum Gasteiger partial charge on any atom is -0.369 e. The number of aromatic nitrogens is 2. The van der Waals surface area contributed by atoms with Gasteiger partial charge in [0.2, 0.25) is 0 Å². The zero-order valence-electron chi connectivity index (χ0n) is 12.7. The predicted molar refractivity (Wildman–Crippen MR) is 80.3 cm³/mol. The molecule has 0 aliphatic heterocycles. The zero-order valence-corrected chi connectivity index (χ0v) is 12.7. The molecule has 1 heterocycles. The second kappa shape index (κ2) is 8.82. The Morgan fingerprint density at radius 1 is 1.11 bits per heavy atom. The van der Waals surface area contributed by atoms with Crippen molar-refractivity contribution in [1.82, 2.24) is 19.8 Å². The number of nitrogens with one attached hydrogen (secondary N) is 1. The Balaban J connectivity index is 2.31. The second-order valence-corrected chi connectivity index (χ2v) is 5.21. The average Bonchev–Trinajstić information content (AvgIpc) is 2.37. The van der Waals surface area contributed by atoms with Gasteiger partial charge in [-0.2, -0.15) is 0 Å². The lowest BCUT2D eigenvalue weighted by atomic mass is 10.3. The van der Waals surface area contributed by atoms with Crippen LogP contribution in [-0.2, 0) is 6.54 Å². The van der Waals surface area contributed by atoms with Crippen molar-refractivity contribution in [2.75, 3.05) is 46.1 Å². The molecule has 1 aromatic rings. The van der Waals surface area contributed by atoms with Crippen LogP contribution in [0.2, 0.25) is 0 Å². The maximum absolute atomic E-state index is 4.44. The van der Waals surface area contributed by atoms with Gasteiger partial charge in [-0.05, 0) is 47.1 Å². The molecular formula is C14H27N5. The fourth-order valence-electron chi connectivity index (χ4n) is 1.79. The van der Waals surface area contributed by atoms with Gasteiger partial charge in [0.15, 0.2) is 0 Å². The van der Waals surface area contributed by atoms with Crippen molar-refractivity contribution >= 4 is 5.82 Å². The molecule has 1 N–H and O–H groups in total. The predicted octanol–water partition coefficient (Wildman–Crippen LogP) is 1.68. The van der Waals surface area contributed by atoms with Crippen molar-refractivity contribution < 1.29 is 0 Å². The molecule has 0 amide bonds. The number of hydrogen-bond donors (Lipinski definition) is 1.